The summed E-state index contributed by atoms with van der Waals surface area (Å²) in [5.41, 5.74) is 0.835. The number of thioether (sulfide) groups is 1. The average Bonchev–Trinajstić information content (AvgIpc) is 2.79. The molecule has 0 saturated carbocycles. The van der Waals surface area contributed by atoms with Crippen molar-refractivity contribution in [3.63, 3.8) is 0 Å². The molecule has 0 spiro atoms. The highest BCUT2D eigenvalue weighted by atomic mass is 32.2. The lowest BCUT2D eigenvalue weighted by atomic mass is 10.4. The van der Waals surface area contributed by atoms with Crippen molar-refractivity contribution < 1.29 is 4.52 Å². The predicted octanol–water partition coefficient (Wildman–Crippen LogP) is 1.09. The van der Waals surface area contributed by atoms with Gasteiger partial charge in [0.2, 0.25) is 0 Å². The van der Waals surface area contributed by atoms with Crippen molar-refractivity contribution in [3.8, 4) is 0 Å². The Kier molecular flexibility index (Phi) is 6.48. The zero-order valence-electron chi connectivity index (χ0n) is 9.69. The van der Waals surface area contributed by atoms with Crippen molar-refractivity contribution in [2.75, 3.05) is 25.1 Å². The van der Waals surface area contributed by atoms with E-state index in [0.717, 1.165) is 30.5 Å². The van der Waals surface area contributed by atoms with Crippen LogP contribution in [-0.2, 0) is 6.54 Å². The van der Waals surface area contributed by atoms with Gasteiger partial charge >= 0.3 is 0 Å². The lowest BCUT2D eigenvalue weighted by Gasteiger charge is -2.09. The summed E-state index contributed by atoms with van der Waals surface area (Å²) >= 11 is 1.80. The van der Waals surface area contributed by atoms with Crippen molar-refractivity contribution in [2.45, 2.75) is 13.5 Å². The van der Waals surface area contributed by atoms with Crippen LogP contribution in [0.5, 0.6) is 0 Å². The van der Waals surface area contributed by atoms with Crippen LogP contribution in [0.4, 0.5) is 0 Å². The molecule has 0 aromatic carbocycles. The first-order valence-electron chi connectivity index (χ1n) is 5.27. The van der Waals surface area contributed by atoms with E-state index in [2.05, 4.69) is 27.0 Å². The first kappa shape index (κ1) is 12.9. The Morgan fingerprint density at radius 3 is 3.06 bits per heavy atom. The molecular formula is C10H18N4OS. The lowest BCUT2D eigenvalue weighted by Crippen LogP contribution is -2.38. The number of guanidine groups is 1. The first-order valence-corrected chi connectivity index (χ1v) is 6.66. The fourth-order valence-electron chi connectivity index (χ4n) is 1.09. The van der Waals surface area contributed by atoms with E-state index >= 15 is 0 Å². The van der Waals surface area contributed by atoms with E-state index in [4.69, 9.17) is 4.52 Å². The molecule has 0 saturated heterocycles. The minimum Gasteiger partial charge on any atom is -0.364 e. The molecule has 0 aliphatic carbocycles. The highest BCUT2D eigenvalue weighted by Gasteiger charge is 1.98. The fourth-order valence-corrected chi connectivity index (χ4v) is 1.40. The summed E-state index contributed by atoms with van der Waals surface area (Å²) in [6.07, 6.45) is 3.64. The molecular weight excluding hydrogens is 224 g/mol. The zero-order valence-corrected chi connectivity index (χ0v) is 10.5. The quantitative estimate of drug-likeness (QED) is 0.444. The molecule has 16 heavy (non-hydrogen) atoms. The molecule has 2 N–H and O–H groups in total. The third-order valence-electron chi connectivity index (χ3n) is 1.83. The smallest absolute Gasteiger partial charge is 0.191 e. The second-order valence-electron chi connectivity index (χ2n) is 3.11. The van der Waals surface area contributed by atoms with E-state index in [1.807, 2.05) is 13.0 Å². The van der Waals surface area contributed by atoms with Gasteiger partial charge in [-0.2, -0.15) is 11.8 Å². The maximum absolute atomic E-state index is 4.74. The molecule has 1 aromatic heterocycles. The molecule has 0 radical (unpaired) electrons. The van der Waals surface area contributed by atoms with E-state index in [0.29, 0.717) is 6.54 Å². The Morgan fingerprint density at radius 1 is 1.56 bits per heavy atom. The molecule has 0 atom stereocenters. The molecule has 0 bridgehead atoms. The Balaban J connectivity index is 2.38. The predicted molar refractivity (Wildman–Crippen MR) is 67.7 cm³/mol. The monoisotopic (exact) mass is 242 g/mol. The van der Waals surface area contributed by atoms with Gasteiger partial charge in [-0.05, 0) is 13.2 Å². The van der Waals surface area contributed by atoms with E-state index < -0.39 is 0 Å². The van der Waals surface area contributed by atoms with E-state index in [1.54, 1.807) is 18.0 Å². The summed E-state index contributed by atoms with van der Waals surface area (Å²) in [5, 5.41) is 10.2. The van der Waals surface area contributed by atoms with Crippen LogP contribution < -0.4 is 10.6 Å². The average molecular weight is 242 g/mol. The lowest BCUT2D eigenvalue weighted by molar-refractivity contribution is 0.412. The van der Waals surface area contributed by atoms with Crippen molar-refractivity contribution in [2.24, 2.45) is 4.99 Å². The van der Waals surface area contributed by atoms with Gasteiger partial charge in [-0.15, -0.1) is 0 Å². The number of nitrogens with zero attached hydrogens (tertiary/aromatic N) is 2. The third kappa shape index (κ3) is 5.06. The van der Waals surface area contributed by atoms with Crippen LogP contribution in [0.2, 0.25) is 0 Å². The third-order valence-corrected chi connectivity index (χ3v) is 2.45. The summed E-state index contributed by atoms with van der Waals surface area (Å²) in [6, 6.07) is 1.81. The van der Waals surface area contributed by atoms with Gasteiger partial charge in [-0.25, -0.2) is 4.99 Å². The number of aromatic nitrogens is 1. The second kappa shape index (κ2) is 8.04. The number of hydrogen-bond acceptors (Lipinski definition) is 4. The normalized spacial score (nSPS) is 11.5. The molecule has 6 heteroatoms. The number of rotatable bonds is 6. The van der Waals surface area contributed by atoms with Crippen molar-refractivity contribution >= 4 is 17.7 Å². The van der Waals surface area contributed by atoms with Crippen molar-refractivity contribution in [1.29, 1.82) is 0 Å². The van der Waals surface area contributed by atoms with Gasteiger partial charge in [0.05, 0.1) is 6.54 Å². The van der Waals surface area contributed by atoms with Crippen LogP contribution >= 0.6 is 11.8 Å². The topological polar surface area (TPSA) is 62.5 Å². The molecule has 0 aliphatic rings. The van der Waals surface area contributed by atoms with Gasteiger partial charge in [-0.1, -0.05) is 5.16 Å². The Labute approximate surface area is 100 Å². The molecule has 0 aliphatic heterocycles. The highest BCUT2D eigenvalue weighted by molar-refractivity contribution is 7.98. The van der Waals surface area contributed by atoms with Crippen molar-refractivity contribution in [1.82, 2.24) is 15.8 Å². The van der Waals surface area contributed by atoms with Gasteiger partial charge in [-0.3, -0.25) is 0 Å². The summed E-state index contributed by atoms with van der Waals surface area (Å²) in [5.74, 6) is 1.88. The summed E-state index contributed by atoms with van der Waals surface area (Å²) in [4.78, 5) is 4.39. The van der Waals surface area contributed by atoms with Crippen LogP contribution in [0.25, 0.3) is 0 Å². The summed E-state index contributed by atoms with van der Waals surface area (Å²) in [6.45, 7) is 4.34. The second-order valence-corrected chi connectivity index (χ2v) is 4.09. The van der Waals surface area contributed by atoms with Gasteiger partial charge in [0.15, 0.2) is 5.96 Å². The molecule has 5 nitrogen and oxygen atoms in total. The van der Waals surface area contributed by atoms with E-state index in [-0.39, 0.29) is 0 Å². The molecule has 0 fully saturated rings. The Bertz CT molecular complexity index is 300. The van der Waals surface area contributed by atoms with Crippen LogP contribution in [0.3, 0.4) is 0 Å². The minimum atomic E-state index is 0.533. The molecule has 0 amide bonds. The highest BCUT2D eigenvalue weighted by Crippen LogP contribution is 1.96. The summed E-state index contributed by atoms with van der Waals surface area (Å²) in [7, 11) is 0. The molecule has 90 valence electrons. The van der Waals surface area contributed by atoms with Crippen LogP contribution in [0.15, 0.2) is 21.8 Å². The molecule has 0 unspecified atom stereocenters. The van der Waals surface area contributed by atoms with Crippen LogP contribution in [-0.4, -0.2) is 36.2 Å². The number of nitrogens with one attached hydrogen (secondary N) is 2. The standard InChI is InChI=1S/C10H18N4OS/c1-3-11-10(12-5-7-16-2)13-8-9-4-6-15-14-9/h4,6H,3,5,7-8H2,1-2H3,(H2,11,12,13). The fraction of sp³-hybridized carbons (Fsp3) is 0.600. The zero-order chi connectivity index (χ0) is 11.6. The molecule has 1 aromatic rings. The SMILES string of the molecule is CCNC(=NCc1ccon1)NCCSC. The maximum atomic E-state index is 4.74. The number of aliphatic imine (C=N–C) groups is 1. The van der Waals surface area contributed by atoms with Crippen molar-refractivity contribution in [3.05, 3.63) is 18.0 Å². The maximum Gasteiger partial charge on any atom is 0.191 e. The van der Waals surface area contributed by atoms with E-state index in [9.17, 15) is 0 Å². The summed E-state index contributed by atoms with van der Waals surface area (Å²) < 4.78 is 4.74. The largest absolute Gasteiger partial charge is 0.364 e. The van der Waals surface area contributed by atoms with Gasteiger partial charge in [0.1, 0.15) is 12.0 Å². The molecule has 1 heterocycles. The number of hydrogen-bond donors (Lipinski definition) is 2. The van der Waals surface area contributed by atoms with Gasteiger partial charge in [0.25, 0.3) is 0 Å². The Hall–Kier alpha value is -1.17. The minimum absolute atomic E-state index is 0.533. The van der Waals surface area contributed by atoms with Crippen LogP contribution in [0, 0.1) is 0 Å². The van der Waals surface area contributed by atoms with Gasteiger partial charge in [0, 0.05) is 24.9 Å². The van der Waals surface area contributed by atoms with Crippen LogP contribution in [0.1, 0.15) is 12.6 Å². The van der Waals surface area contributed by atoms with Gasteiger partial charge < -0.3 is 15.2 Å². The first-order chi connectivity index (χ1) is 7.86. The van der Waals surface area contributed by atoms with E-state index in [1.165, 1.54) is 0 Å². The Morgan fingerprint density at radius 2 is 2.44 bits per heavy atom. The molecule has 1 rings (SSSR count).